The Morgan fingerprint density at radius 3 is 2.74 bits per heavy atom. The Labute approximate surface area is 103 Å². The van der Waals surface area contributed by atoms with E-state index >= 15 is 0 Å². The molecule has 1 amide bonds. The SMILES string of the molecule is O=C1NCC(Cn2nnc(C(=O)O)c2C(F)(F)F)O1. The number of ether oxygens (including phenoxy) is 1. The van der Waals surface area contributed by atoms with Gasteiger partial charge in [-0.3, -0.25) is 0 Å². The van der Waals surface area contributed by atoms with E-state index in [1.165, 1.54) is 0 Å². The second-order valence-corrected chi connectivity index (χ2v) is 3.68. The molecule has 2 rings (SSSR count). The number of aromatic nitrogens is 3. The molecule has 104 valence electrons. The van der Waals surface area contributed by atoms with E-state index in [1.54, 1.807) is 0 Å². The Bertz CT molecular complexity index is 527. The lowest BCUT2D eigenvalue weighted by atomic mass is 10.3. The molecule has 1 aliphatic heterocycles. The van der Waals surface area contributed by atoms with E-state index in [9.17, 15) is 22.8 Å². The molecule has 0 saturated carbocycles. The van der Waals surface area contributed by atoms with Crippen molar-refractivity contribution in [1.82, 2.24) is 20.3 Å². The zero-order valence-electron chi connectivity index (χ0n) is 9.14. The highest BCUT2D eigenvalue weighted by atomic mass is 19.4. The molecule has 1 atom stereocenters. The fraction of sp³-hybridized carbons (Fsp3) is 0.500. The number of carboxylic acid groups (broad SMARTS) is 1. The first-order chi connectivity index (χ1) is 8.79. The standard InChI is InChI=1S/C8H7F3N4O4/c9-8(10,11)5-4(6(16)17)13-14-15(5)2-3-1-12-7(18)19-3/h3H,1-2H2,(H,12,18)(H,16,17). The van der Waals surface area contributed by atoms with E-state index in [1.807, 2.05) is 0 Å². The van der Waals surface area contributed by atoms with Gasteiger partial charge in [-0.05, 0) is 0 Å². The van der Waals surface area contributed by atoms with Crippen molar-refractivity contribution < 1.29 is 32.6 Å². The van der Waals surface area contributed by atoms with Crippen molar-refractivity contribution in [2.75, 3.05) is 6.54 Å². The van der Waals surface area contributed by atoms with Crippen molar-refractivity contribution >= 4 is 12.1 Å². The number of rotatable bonds is 3. The Hall–Kier alpha value is -2.33. The van der Waals surface area contributed by atoms with Crippen LogP contribution in [0.25, 0.3) is 0 Å². The van der Waals surface area contributed by atoms with Crippen LogP contribution in [0.15, 0.2) is 0 Å². The summed E-state index contributed by atoms with van der Waals surface area (Å²) < 4.78 is 43.3. The van der Waals surface area contributed by atoms with E-state index < -0.39 is 42.3 Å². The van der Waals surface area contributed by atoms with Crippen LogP contribution in [0, 0.1) is 0 Å². The van der Waals surface area contributed by atoms with Crippen LogP contribution >= 0.6 is 0 Å². The number of hydrogen-bond acceptors (Lipinski definition) is 5. The van der Waals surface area contributed by atoms with Crippen molar-refractivity contribution in [2.24, 2.45) is 0 Å². The van der Waals surface area contributed by atoms with Crippen molar-refractivity contribution in [1.29, 1.82) is 0 Å². The summed E-state index contributed by atoms with van der Waals surface area (Å²) in [6.45, 7) is -0.424. The predicted molar refractivity (Wildman–Crippen MR) is 50.3 cm³/mol. The molecule has 8 nitrogen and oxygen atoms in total. The summed E-state index contributed by atoms with van der Waals surface area (Å²) in [5.41, 5.74) is -2.67. The molecule has 1 unspecified atom stereocenters. The minimum Gasteiger partial charge on any atom is -0.476 e. The lowest BCUT2D eigenvalue weighted by Crippen LogP contribution is -2.26. The summed E-state index contributed by atoms with van der Waals surface area (Å²) in [5.74, 6) is -1.83. The van der Waals surface area contributed by atoms with Crippen molar-refractivity contribution in [3.8, 4) is 0 Å². The van der Waals surface area contributed by atoms with E-state index in [2.05, 4.69) is 20.4 Å². The number of nitrogens with zero attached hydrogens (tertiary/aromatic N) is 3. The van der Waals surface area contributed by atoms with Gasteiger partial charge in [0.25, 0.3) is 0 Å². The third-order valence-electron chi connectivity index (χ3n) is 2.33. The van der Waals surface area contributed by atoms with Gasteiger partial charge in [-0.15, -0.1) is 5.10 Å². The van der Waals surface area contributed by atoms with Gasteiger partial charge < -0.3 is 15.2 Å². The smallest absolute Gasteiger partial charge is 0.435 e. The first kappa shape index (κ1) is 13.1. The van der Waals surface area contributed by atoms with E-state index in [4.69, 9.17) is 5.11 Å². The maximum absolute atomic E-state index is 12.8. The first-order valence-corrected chi connectivity index (χ1v) is 4.97. The van der Waals surface area contributed by atoms with Gasteiger partial charge in [-0.2, -0.15) is 13.2 Å². The highest BCUT2D eigenvalue weighted by Crippen LogP contribution is 2.31. The number of nitrogens with one attached hydrogen (secondary N) is 1. The van der Waals surface area contributed by atoms with Gasteiger partial charge in [0.05, 0.1) is 13.1 Å². The Balaban J connectivity index is 2.30. The third kappa shape index (κ3) is 2.58. The topological polar surface area (TPSA) is 106 Å². The third-order valence-corrected chi connectivity index (χ3v) is 2.33. The summed E-state index contributed by atoms with van der Waals surface area (Å²) in [6, 6.07) is 0. The van der Waals surface area contributed by atoms with Crippen LogP contribution in [0.3, 0.4) is 0 Å². The van der Waals surface area contributed by atoms with Gasteiger partial charge in [0.15, 0.2) is 5.69 Å². The largest absolute Gasteiger partial charge is 0.476 e. The summed E-state index contributed by atoms with van der Waals surface area (Å²) in [6.07, 6.45) is -6.54. The molecule has 2 heterocycles. The predicted octanol–water partition coefficient (Wildman–Crippen LogP) is 0.103. The molecule has 19 heavy (non-hydrogen) atoms. The van der Waals surface area contributed by atoms with Crippen molar-refractivity contribution in [3.63, 3.8) is 0 Å². The highest BCUT2D eigenvalue weighted by molar-refractivity contribution is 5.86. The molecule has 1 aliphatic rings. The highest BCUT2D eigenvalue weighted by Gasteiger charge is 2.42. The minimum atomic E-state index is -4.92. The summed E-state index contributed by atoms with van der Waals surface area (Å²) >= 11 is 0. The Kier molecular flexibility index (Phi) is 3.04. The number of halogens is 3. The Morgan fingerprint density at radius 1 is 1.58 bits per heavy atom. The van der Waals surface area contributed by atoms with Crippen LogP contribution < -0.4 is 5.32 Å². The number of carboxylic acids is 1. The van der Waals surface area contributed by atoms with Crippen molar-refractivity contribution in [2.45, 2.75) is 18.8 Å². The van der Waals surface area contributed by atoms with E-state index in [-0.39, 0.29) is 6.54 Å². The number of amides is 1. The number of carbonyl (C=O) groups is 2. The fourth-order valence-electron chi connectivity index (χ4n) is 1.59. The summed E-state index contributed by atoms with van der Waals surface area (Å²) in [7, 11) is 0. The van der Waals surface area contributed by atoms with Gasteiger partial charge in [0, 0.05) is 0 Å². The molecule has 0 radical (unpaired) electrons. The van der Waals surface area contributed by atoms with E-state index in [0.717, 1.165) is 0 Å². The molecule has 1 aromatic rings. The average molecular weight is 280 g/mol. The number of alkyl carbamates (subject to hydrolysis) is 1. The normalized spacial score (nSPS) is 19.1. The monoisotopic (exact) mass is 280 g/mol. The minimum absolute atomic E-state index is 0.0123. The molecule has 0 spiro atoms. The van der Waals surface area contributed by atoms with Crippen LogP contribution in [0.5, 0.6) is 0 Å². The molecule has 2 N–H and O–H groups in total. The number of alkyl halides is 3. The molecule has 0 aliphatic carbocycles. The number of hydrogen-bond donors (Lipinski definition) is 2. The Morgan fingerprint density at radius 2 is 2.26 bits per heavy atom. The first-order valence-electron chi connectivity index (χ1n) is 4.97. The molecule has 0 aromatic carbocycles. The molecular weight excluding hydrogens is 273 g/mol. The van der Waals surface area contributed by atoms with Gasteiger partial charge >= 0.3 is 18.2 Å². The van der Waals surface area contributed by atoms with Crippen LogP contribution in [-0.2, 0) is 17.5 Å². The average Bonchev–Trinajstić information content (AvgIpc) is 2.84. The molecule has 1 aromatic heterocycles. The lowest BCUT2D eigenvalue weighted by Gasteiger charge is -2.12. The lowest BCUT2D eigenvalue weighted by molar-refractivity contribution is -0.145. The zero-order valence-corrected chi connectivity index (χ0v) is 9.14. The van der Waals surface area contributed by atoms with Crippen LogP contribution in [0.1, 0.15) is 16.2 Å². The summed E-state index contributed by atoms with van der Waals surface area (Å²) in [5, 5.41) is 17.0. The summed E-state index contributed by atoms with van der Waals surface area (Å²) in [4.78, 5) is 21.4. The molecule has 0 bridgehead atoms. The zero-order chi connectivity index (χ0) is 14.2. The van der Waals surface area contributed by atoms with Crippen LogP contribution in [0.4, 0.5) is 18.0 Å². The second-order valence-electron chi connectivity index (χ2n) is 3.68. The van der Waals surface area contributed by atoms with Crippen LogP contribution in [-0.4, -0.2) is 44.8 Å². The van der Waals surface area contributed by atoms with Gasteiger partial charge in [-0.1, -0.05) is 5.21 Å². The van der Waals surface area contributed by atoms with Gasteiger partial charge in [0.1, 0.15) is 6.10 Å². The van der Waals surface area contributed by atoms with Gasteiger partial charge in [-0.25, -0.2) is 14.3 Å². The second kappa shape index (κ2) is 4.40. The number of carbonyl (C=O) groups excluding carboxylic acids is 1. The molecular formula is C8H7F3N4O4. The van der Waals surface area contributed by atoms with E-state index in [0.29, 0.717) is 4.68 Å². The number of cyclic esters (lactones) is 1. The van der Waals surface area contributed by atoms with Crippen LogP contribution in [0.2, 0.25) is 0 Å². The number of aromatic carboxylic acids is 1. The maximum Gasteiger partial charge on any atom is 0.435 e. The van der Waals surface area contributed by atoms with Crippen molar-refractivity contribution in [3.05, 3.63) is 11.4 Å². The fourth-order valence-corrected chi connectivity index (χ4v) is 1.59. The molecule has 1 fully saturated rings. The maximum atomic E-state index is 12.8. The quantitative estimate of drug-likeness (QED) is 0.813. The molecule has 11 heteroatoms. The van der Waals surface area contributed by atoms with Gasteiger partial charge in [0.2, 0.25) is 5.69 Å². The molecule has 1 saturated heterocycles.